The average molecular weight is 419 g/mol. The first-order chi connectivity index (χ1) is 15.2. The van der Waals surface area contributed by atoms with Crippen LogP contribution in [-0.2, 0) is 4.79 Å². The van der Waals surface area contributed by atoms with Crippen molar-refractivity contribution in [3.8, 4) is 0 Å². The van der Waals surface area contributed by atoms with E-state index in [2.05, 4.69) is 34.1 Å². The number of hydrogen-bond donors (Lipinski definition) is 1. The van der Waals surface area contributed by atoms with E-state index in [-0.39, 0.29) is 0 Å². The molecule has 0 aromatic carbocycles. The third-order valence-corrected chi connectivity index (χ3v) is 5.98. The van der Waals surface area contributed by atoms with Crippen LogP contribution in [0, 0.1) is 0 Å². The van der Waals surface area contributed by atoms with Gasteiger partial charge >= 0.3 is 5.97 Å². The largest absolute Gasteiger partial charge is 0.478 e. The van der Waals surface area contributed by atoms with Crippen LogP contribution < -0.4 is 9.80 Å². The Morgan fingerprint density at radius 2 is 1.26 bits per heavy atom. The van der Waals surface area contributed by atoms with E-state index in [0.29, 0.717) is 0 Å². The van der Waals surface area contributed by atoms with Gasteiger partial charge in [0.1, 0.15) is 11.6 Å². The number of carboxylic acid groups (broad SMARTS) is 1. The van der Waals surface area contributed by atoms with Crippen molar-refractivity contribution in [3.05, 3.63) is 66.0 Å². The minimum Gasteiger partial charge on any atom is -0.478 e. The normalized spacial score (nSPS) is 17.0. The molecular weight excluding hydrogens is 388 g/mol. The Kier molecular flexibility index (Phi) is 6.97. The number of hydrogen-bond acceptors (Lipinski definition) is 5. The maximum Gasteiger partial charge on any atom is 0.328 e. The van der Waals surface area contributed by atoms with Crippen LogP contribution >= 0.6 is 0 Å². The first-order valence-electron chi connectivity index (χ1n) is 11.2. The highest BCUT2D eigenvalue weighted by atomic mass is 16.4. The third kappa shape index (κ3) is 5.51. The Balaban J connectivity index is 1.59. The lowest BCUT2D eigenvalue weighted by molar-refractivity contribution is -0.131. The zero-order valence-corrected chi connectivity index (χ0v) is 17.9. The van der Waals surface area contributed by atoms with Crippen molar-refractivity contribution in [3.63, 3.8) is 0 Å². The summed E-state index contributed by atoms with van der Waals surface area (Å²) in [7, 11) is 0. The quantitative estimate of drug-likeness (QED) is 0.549. The summed E-state index contributed by atoms with van der Waals surface area (Å²) < 4.78 is 0. The smallest absolute Gasteiger partial charge is 0.328 e. The number of aliphatic carboxylic acids is 1. The van der Waals surface area contributed by atoms with Gasteiger partial charge in [-0.25, -0.2) is 14.8 Å². The van der Waals surface area contributed by atoms with Gasteiger partial charge in [0.15, 0.2) is 0 Å². The Morgan fingerprint density at radius 3 is 1.65 bits per heavy atom. The fourth-order valence-electron chi connectivity index (χ4n) is 4.30. The summed E-state index contributed by atoms with van der Waals surface area (Å²) >= 11 is 0. The minimum absolute atomic E-state index is 0.910. The Labute approximate surface area is 183 Å². The molecular formula is C25H30N4O2. The lowest BCUT2D eigenvalue weighted by Crippen LogP contribution is -2.30. The monoisotopic (exact) mass is 418 g/mol. The van der Waals surface area contributed by atoms with Gasteiger partial charge in [0.25, 0.3) is 0 Å². The number of allylic oxidation sites excluding steroid dienone is 2. The SMILES string of the molecule is O=C(O)C=CC=C(c1ccc(N2CCCCC2)nc1)c1ccc(N2CCCCC2)nc1. The van der Waals surface area contributed by atoms with Crippen LogP contribution in [0.15, 0.2) is 54.9 Å². The second kappa shape index (κ2) is 10.2. The average Bonchev–Trinajstić information content (AvgIpc) is 2.83. The molecule has 2 aliphatic rings. The highest BCUT2D eigenvalue weighted by molar-refractivity contribution is 5.84. The highest BCUT2D eigenvalue weighted by Crippen LogP contribution is 2.27. The van der Waals surface area contributed by atoms with E-state index >= 15 is 0 Å². The fraction of sp³-hybridized carbons (Fsp3) is 0.400. The molecule has 6 nitrogen and oxygen atoms in total. The molecule has 2 aromatic heterocycles. The molecule has 0 atom stereocenters. The van der Waals surface area contributed by atoms with Crippen molar-refractivity contribution in [2.24, 2.45) is 0 Å². The van der Waals surface area contributed by atoms with Gasteiger partial charge in [0.2, 0.25) is 0 Å². The van der Waals surface area contributed by atoms with Gasteiger partial charge in [-0.3, -0.25) is 0 Å². The van der Waals surface area contributed by atoms with Crippen LogP contribution in [0.1, 0.15) is 49.7 Å². The van der Waals surface area contributed by atoms with Gasteiger partial charge in [-0.05, 0) is 68.4 Å². The molecule has 2 fully saturated rings. The number of anilines is 2. The van der Waals surface area contributed by atoms with Crippen LogP contribution in [0.5, 0.6) is 0 Å². The van der Waals surface area contributed by atoms with Crippen molar-refractivity contribution >= 4 is 23.2 Å². The van der Waals surface area contributed by atoms with Crippen LogP contribution in [0.25, 0.3) is 5.57 Å². The number of pyridine rings is 2. The van der Waals surface area contributed by atoms with Crippen LogP contribution in [0.4, 0.5) is 11.6 Å². The van der Waals surface area contributed by atoms with Gasteiger partial charge in [-0.15, -0.1) is 0 Å². The van der Waals surface area contributed by atoms with E-state index < -0.39 is 5.97 Å². The third-order valence-electron chi connectivity index (χ3n) is 5.98. The van der Waals surface area contributed by atoms with Crippen molar-refractivity contribution in [2.45, 2.75) is 38.5 Å². The summed E-state index contributed by atoms with van der Waals surface area (Å²) in [6, 6.07) is 8.25. The first kappa shape index (κ1) is 21.1. The van der Waals surface area contributed by atoms with Gasteiger partial charge < -0.3 is 14.9 Å². The van der Waals surface area contributed by atoms with Crippen molar-refractivity contribution in [1.82, 2.24) is 9.97 Å². The molecule has 0 amide bonds. The molecule has 162 valence electrons. The molecule has 6 heteroatoms. The van der Waals surface area contributed by atoms with Crippen LogP contribution in [0.2, 0.25) is 0 Å². The predicted molar refractivity (Wildman–Crippen MR) is 124 cm³/mol. The molecule has 0 aliphatic carbocycles. The maximum absolute atomic E-state index is 10.9. The summed E-state index contributed by atoms with van der Waals surface area (Å²) in [5, 5.41) is 8.98. The molecule has 0 unspecified atom stereocenters. The summed E-state index contributed by atoms with van der Waals surface area (Å²) in [5.41, 5.74) is 2.81. The molecule has 4 heterocycles. The van der Waals surface area contributed by atoms with Gasteiger partial charge in [0, 0.05) is 55.8 Å². The summed E-state index contributed by atoms with van der Waals surface area (Å²) in [4.78, 5) is 25.0. The van der Waals surface area contributed by atoms with E-state index in [9.17, 15) is 4.79 Å². The molecule has 2 aromatic rings. The van der Waals surface area contributed by atoms with Gasteiger partial charge in [0.05, 0.1) is 0 Å². The van der Waals surface area contributed by atoms with Crippen molar-refractivity contribution < 1.29 is 9.90 Å². The van der Waals surface area contributed by atoms with Gasteiger partial charge in [-0.2, -0.15) is 0 Å². The number of carboxylic acids is 1. The number of piperidine rings is 2. The molecule has 0 spiro atoms. The second-order valence-electron chi connectivity index (χ2n) is 8.18. The maximum atomic E-state index is 10.9. The molecule has 1 N–H and O–H groups in total. The highest BCUT2D eigenvalue weighted by Gasteiger charge is 2.15. The van der Waals surface area contributed by atoms with Crippen LogP contribution in [-0.4, -0.2) is 47.2 Å². The van der Waals surface area contributed by atoms with E-state index in [0.717, 1.165) is 60.6 Å². The van der Waals surface area contributed by atoms with Gasteiger partial charge in [-0.1, -0.05) is 12.2 Å². The topological polar surface area (TPSA) is 69.6 Å². The molecule has 2 aliphatic heterocycles. The molecule has 4 rings (SSSR count). The number of carbonyl (C=O) groups is 1. The standard InChI is InChI=1S/C25H30N4O2/c30-25(31)9-7-8-22(20-10-12-23(26-18-20)28-14-3-1-4-15-28)21-11-13-24(27-19-21)29-16-5-2-6-17-29/h7-13,18-19H,1-6,14-17H2,(H,30,31). The summed E-state index contributed by atoms with van der Waals surface area (Å²) in [6.07, 6.45) is 15.7. The molecule has 0 bridgehead atoms. The molecule has 2 saturated heterocycles. The van der Waals surface area contributed by atoms with Crippen molar-refractivity contribution in [1.29, 1.82) is 0 Å². The van der Waals surface area contributed by atoms with E-state index in [1.165, 1.54) is 38.5 Å². The van der Waals surface area contributed by atoms with Crippen LogP contribution in [0.3, 0.4) is 0 Å². The summed E-state index contributed by atoms with van der Waals surface area (Å²) in [6.45, 7) is 4.22. The zero-order valence-electron chi connectivity index (χ0n) is 17.9. The van der Waals surface area contributed by atoms with E-state index in [1.54, 1.807) is 6.08 Å². The Hall–Kier alpha value is -3.15. The first-order valence-corrected chi connectivity index (χ1v) is 11.2. The number of nitrogens with zero attached hydrogens (tertiary/aromatic N) is 4. The summed E-state index contributed by atoms with van der Waals surface area (Å²) in [5.74, 6) is 1.04. The van der Waals surface area contributed by atoms with E-state index in [1.807, 2.05) is 18.5 Å². The zero-order chi connectivity index (χ0) is 21.5. The second-order valence-corrected chi connectivity index (χ2v) is 8.18. The molecule has 0 saturated carbocycles. The minimum atomic E-state index is -0.965. The lowest BCUT2D eigenvalue weighted by Gasteiger charge is -2.28. The van der Waals surface area contributed by atoms with E-state index in [4.69, 9.17) is 15.1 Å². The molecule has 31 heavy (non-hydrogen) atoms. The Morgan fingerprint density at radius 1 is 0.774 bits per heavy atom. The number of rotatable bonds is 6. The van der Waals surface area contributed by atoms with Crippen molar-refractivity contribution in [2.75, 3.05) is 36.0 Å². The fourth-order valence-corrected chi connectivity index (χ4v) is 4.30. The lowest BCUT2D eigenvalue weighted by atomic mass is 10.00. The predicted octanol–water partition coefficient (Wildman–Crippen LogP) is 4.53. The Bertz CT molecular complexity index is 859. The molecule has 0 radical (unpaired) electrons. The number of aromatic nitrogens is 2.